The van der Waals surface area contributed by atoms with Gasteiger partial charge in [-0.25, -0.2) is 4.39 Å². The zero-order valence-electron chi connectivity index (χ0n) is 16.5. The van der Waals surface area contributed by atoms with Crippen LogP contribution in [-0.2, 0) is 11.3 Å². The van der Waals surface area contributed by atoms with Crippen molar-refractivity contribution in [2.75, 3.05) is 20.1 Å². The maximum absolute atomic E-state index is 16.0. The number of hydrogen-bond acceptors (Lipinski definition) is 2. The van der Waals surface area contributed by atoms with Gasteiger partial charge in [-0.3, -0.25) is 4.79 Å². The highest BCUT2D eigenvalue weighted by Gasteiger charge is 2.42. The van der Waals surface area contributed by atoms with Crippen LogP contribution in [0.3, 0.4) is 0 Å². The molecule has 0 saturated carbocycles. The fraction of sp³-hybridized carbons (Fsp3) is 0.409. The van der Waals surface area contributed by atoms with E-state index in [4.69, 9.17) is 23.2 Å². The average Bonchev–Trinajstić information content (AvgIpc) is 2.67. The van der Waals surface area contributed by atoms with Crippen LogP contribution in [0.4, 0.5) is 4.39 Å². The Morgan fingerprint density at radius 1 is 1.13 bits per heavy atom. The SMILES string of the molecule is CN(Cc1cc(Br)cc(Br)c1)C(=O)CC(c1ccc(Cl)c(Cl)c1)C1(F)CCNCC1. The van der Waals surface area contributed by atoms with Crippen LogP contribution < -0.4 is 5.32 Å². The van der Waals surface area contributed by atoms with E-state index in [0.717, 1.165) is 14.5 Å². The van der Waals surface area contributed by atoms with Crippen molar-refractivity contribution in [3.8, 4) is 0 Å². The first-order valence-electron chi connectivity index (χ1n) is 9.71. The molecule has 30 heavy (non-hydrogen) atoms. The molecule has 1 unspecified atom stereocenters. The summed E-state index contributed by atoms with van der Waals surface area (Å²) in [6.45, 7) is 1.61. The smallest absolute Gasteiger partial charge is 0.223 e. The number of rotatable bonds is 6. The highest BCUT2D eigenvalue weighted by atomic mass is 79.9. The maximum atomic E-state index is 16.0. The molecule has 8 heteroatoms. The van der Waals surface area contributed by atoms with Gasteiger partial charge in [0.05, 0.1) is 10.0 Å². The lowest BCUT2D eigenvalue weighted by molar-refractivity contribution is -0.132. The second kappa shape index (κ2) is 10.3. The lowest BCUT2D eigenvalue weighted by Gasteiger charge is -2.38. The number of carbonyl (C=O) groups is 1. The molecule has 0 aliphatic carbocycles. The first-order valence-corrected chi connectivity index (χ1v) is 12.1. The molecule has 1 aliphatic rings. The number of hydrogen-bond donors (Lipinski definition) is 1. The Morgan fingerprint density at radius 2 is 1.77 bits per heavy atom. The quantitative estimate of drug-likeness (QED) is 0.410. The van der Waals surface area contributed by atoms with Crippen LogP contribution >= 0.6 is 55.1 Å². The number of carbonyl (C=O) groups excluding carboxylic acids is 1. The molecule has 1 atom stereocenters. The van der Waals surface area contributed by atoms with E-state index in [9.17, 15) is 4.79 Å². The number of nitrogens with zero attached hydrogens (tertiary/aromatic N) is 1. The molecule has 1 saturated heterocycles. The predicted molar refractivity (Wildman–Crippen MR) is 128 cm³/mol. The van der Waals surface area contributed by atoms with E-state index in [0.29, 0.717) is 48.1 Å². The molecule has 2 aromatic rings. The number of benzene rings is 2. The van der Waals surface area contributed by atoms with Crippen molar-refractivity contribution in [2.45, 2.75) is 37.4 Å². The molecule has 0 radical (unpaired) electrons. The highest BCUT2D eigenvalue weighted by Crippen LogP contribution is 2.42. The first-order chi connectivity index (χ1) is 14.2. The number of halogens is 5. The van der Waals surface area contributed by atoms with Crippen LogP contribution in [0.5, 0.6) is 0 Å². The summed E-state index contributed by atoms with van der Waals surface area (Å²) in [4.78, 5) is 14.7. The van der Waals surface area contributed by atoms with E-state index >= 15 is 4.39 Å². The Balaban J connectivity index is 1.82. The molecule has 3 rings (SSSR count). The summed E-state index contributed by atoms with van der Waals surface area (Å²) in [5.41, 5.74) is 0.216. The van der Waals surface area contributed by atoms with Gasteiger partial charge in [0.15, 0.2) is 0 Å². The molecule has 1 aliphatic heterocycles. The minimum atomic E-state index is -1.47. The normalized spacial score (nSPS) is 16.9. The van der Waals surface area contributed by atoms with Gasteiger partial charge in [-0.2, -0.15) is 0 Å². The summed E-state index contributed by atoms with van der Waals surface area (Å²) in [7, 11) is 1.75. The molecule has 1 fully saturated rings. The van der Waals surface area contributed by atoms with Gasteiger partial charge in [-0.15, -0.1) is 0 Å². The van der Waals surface area contributed by atoms with Gasteiger partial charge >= 0.3 is 0 Å². The predicted octanol–water partition coefficient (Wildman–Crippen LogP) is 6.74. The van der Waals surface area contributed by atoms with Crippen molar-refractivity contribution in [1.82, 2.24) is 10.2 Å². The van der Waals surface area contributed by atoms with Crippen molar-refractivity contribution in [1.29, 1.82) is 0 Å². The Hall–Kier alpha value is -0.660. The molecule has 3 nitrogen and oxygen atoms in total. The molecule has 0 spiro atoms. The fourth-order valence-electron chi connectivity index (χ4n) is 3.91. The minimum Gasteiger partial charge on any atom is -0.341 e. The van der Waals surface area contributed by atoms with Gasteiger partial charge in [0.25, 0.3) is 0 Å². The number of amides is 1. The van der Waals surface area contributed by atoms with E-state index in [1.54, 1.807) is 30.1 Å². The van der Waals surface area contributed by atoms with Gasteiger partial charge in [0.2, 0.25) is 5.91 Å². The van der Waals surface area contributed by atoms with Gasteiger partial charge in [-0.05, 0) is 67.4 Å². The van der Waals surface area contributed by atoms with Crippen LogP contribution in [0.25, 0.3) is 0 Å². The molecule has 0 bridgehead atoms. The highest BCUT2D eigenvalue weighted by molar-refractivity contribution is 9.11. The Kier molecular flexibility index (Phi) is 8.24. The van der Waals surface area contributed by atoms with Gasteiger partial charge in [0.1, 0.15) is 5.67 Å². The Labute approximate surface area is 203 Å². The largest absolute Gasteiger partial charge is 0.341 e. The third kappa shape index (κ3) is 5.98. The number of alkyl halides is 1. The summed E-state index contributed by atoms with van der Waals surface area (Å²) < 4.78 is 17.9. The summed E-state index contributed by atoms with van der Waals surface area (Å²) in [6.07, 6.45) is 0.779. The van der Waals surface area contributed by atoms with Crippen LogP contribution in [0.2, 0.25) is 10.0 Å². The summed E-state index contributed by atoms with van der Waals surface area (Å²) >= 11 is 19.2. The first kappa shape index (κ1) is 24.0. The molecule has 2 aromatic carbocycles. The Morgan fingerprint density at radius 3 is 2.37 bits per heavy atom. The van der Waals surface area contributed by atoms with E-state index in [1.165, 1.54) is 0 Å². The topological polar surface area (TPSA) is 32.3 Å². The number of nitrogens with one attached hydrogen (secondary N) is 1. The number of piperidine rings is 1. The van der Waals surface area contributed by atoms with Crippen LogP contribution in [0, 0.1) is 0 Å². The standard InChI is InChI=1S/C22H23Br2Cl2FN2O/c1-29(13-14-8-16(23)11-17(24)9-14)21(30)12-18(22(27)4-6-28-7-5-22)15-2-3-19(25)20(26)10-15/h2-3,8-11,18,28H,4-7,12-13H2,1H3. The van der Waals surface area contributed by atoms with Gasteiger partial charge in [0, 0.05) is 34.9 Å². The van der Waals surface area contributed by atoms with Gasteiger partial charge < -0.3 is 10.2 Å². The molecule has 1 heterocycles. The van der Waals surface area contributed by atoms with Crippen molar-refractivity contribution >= 4 is 61.0 Å². The molecule has 162 valence electrons. The molecular weight excluding hydrogens is 558 g/mol. The second-order valence-corrected chi connectivity index (χ2v) is 10.4. The third-order valence-corrected chi connectivity index (χ3v) is 7.21. The molecule has 1 amide bonds. The van der Waals surface area contributed by atoms with E-state index < -0.39 is 11.6 Å². The lowest BCUT2D eigenvalue weighted by atomic mass is 9.75. The van der Waals surface area contributed by atoms with Crippen LogP contribution in [0.1, 0.15) is 36.3 Å². The zero-order chi connectivity index (χ0) is 21.9. The van der Waals surface area contributed by atoms with Crippen molar-refractivity contribution in [3.63, 3.8) is 0 Å². The van der Waals surface area contributed by atoms with E-state index in [1.807, 2.05) is 18.2 Å². The van der Waals surface area contributed by atoms with E-state index in [-0.39, 0.29) is 12.3 Å². The second-order valence-electron chi connectivity index (χ2n) is 7.74. The van der Waals surface area contributed by atoms with Gasteiger partial charge in [-0.1, -0.05) is 61.1 Å². The Bertz CT molecular complexity index is 902. The zero-order valence-corrected chi connectivity index (χ0v) is 21.2. The lowest BCUT2D eigenvalue weighted by Crippen LogP contribution is -2.44. The average molecular weight is 581 g/mol. The van der Waals surface area contributed by atoms with Crippen LogP contribution in [0.15, 0.2) is 45.3 Å². The monoisotopic (exact) mass is 578 g/mol. The summed E-state index contributed by atoms with van der Waals surface area (Å²) in [5, 5.41) is 3.98. The van der Waals surface area contributed by atoms with E-state index in [2.05, 4.69) is 37.2 Å². The fourth-order valence-corrected chi connectivity index (χ4v) is 5.61. The third-order valence-electron chi connectivity index (χ3n) is 5.55. The molecular formula is C22H23Br2Cl2FN2O. The van der Waals surface area contributed by atoms with Crippen LogP contribution in [-0.4, -0.2) is 36.6 Å². The van der Waals surface area contributed by atoms with Crippen molar-refractivity contribution in [3.05, 3.63) is 66.5 Å². The summed E-state index contributed by atoms with van der Waals surface area (Å²) in [6, 6.07) is 11.0. The van der Waals surface area contributed by atoms with Crippen molar-refractivity contribution < 1.29 is 9.18 Å². The molecule has 1 N–H and O–H groups in total. The van der Waals surface area contributed by atoms with Crippen molar-refractivity contribution in [2.24, 2.45) is 0 Å². The maximum Gasteiger partial charge on any atom is 0.223 e. The molecule has 0 aromatic heterocycles. The summed E-state index contributed by atoms with van der Waals surface area (Å²) in [5.74, 6) is -0.698. The minimum absolute atomic E-state index is 0.0696.